The standard InChI is InChI=1S/C21H14N4O/c26-21-18-17(23-19(24-18)14-8-3-1-4-9-14)16-12-7-13-22-20(16)25(21)15-10-5-2-6-11-15/h1-13H,(H,23,24). The lowest BCUT2D eigenvalue weighted by molar-refractivity contribution is 1.03. The van der Waals surface area contributed by atoms with Crippen LogP contribution >= 0.6 is 0 Å². The highest BCUT2D eigenvalue weighted by Crippen LogP contribution is 2.25. The molecular weight excluding hydrogens is 324 g/mol. The van der Waals surface area contributed by atoms with E-state index in [2.05, 4.69) is 9.97 Å². The molecule has 0 aliphatic rings. The van der Waals surface area contributed by atoms with Gasteiger partial charge >= 0.3 is 0 Å². The van der Waals surface area contributed by atoms with Crippen LogP contribution in [0.15, 0.2) is 83.8 Å². The predicted octanol–water partition coefficient (Wildman–Crippen LogP) is 3.93. The molecule has 0 bridgehead atoms. The van der Waals surface area contributed by atoms with E-state index in [1.54, 1.807) is 10.8 Å². The second-order valence-electron chi connectivity index (χ2n) is 6.03. The number of H-pyrrole nitrogens is 1. The monoisotopic (exact) mass is 338 g/mol. The Bertz CT molecular complexity index is 1290. The average Bonchev–Trinajstić information content (AvgIpc) is 3.16. The number of pyridine rings is 2. The lowest BCUT2D eigenvalue weighted by Crippen LogP contribution is -2.20. The highest BCUT2D eigenvalue weighted by molar-refractivity contribution is 6.02. The first-order valence-electron chi connectivity index (χ1n) is 8.33. The molecule has 124 valence electrons. The van der Waals surface area contributed by atoms with Crippen molar-refractivity contribution in [3.05, 3.63) is 89.3 Å². The zero-order valence-electron chi connectivity index (χ0n) is 13.8. The van der Waals surface area contributed by atoms with Gasteiger partial charge in [0.1, 0.15) is 22.5 Å². The zero-order valence-corrected chi connectivity index (χ0v) is 13.8. The molecule has 3 aromatic heterocycles. The van der Waals surface area contributed by atoms with Crippen LogP contribution in [0.4, 0.5) is 0 Å². The summed E-state index contributed by atoms with van der Waals surface area (Å²) in [6.45, 7) is 0. The number of aromatic nitrogens is 4. The number of nitrogens with one attached hydrogen (secondary N) is 1. The fraction of sp³-hybridized carbons (Fsp3) is 0. The van der Waals surface area contributed by atoms with Crippen LogP contribution in [0.25, 0.3) is 39.1 Å². The normalized spacial score (nSPS) is 11.2. The maximum Gasteiger partial charge on any atom is 0.282 e. The zero-order chi connectivity index (χ0) is 17.5. The molecule has 5 rings (SSSR count). The molecular formula is C21H14N4O. The molecule has 0 fully saturated rings. The Morgan fingerprint density at radius 2 is 1.58 bits per heavy atom. The maximum atomic E-state index is 13.2. The molecule has 0 amide bonds. The molecule has 0 aliphatic carbocycles. The molecule has 3 heterocycles. The van der Waals surface area contributed by atoms with Crippen molar-refractivity contribution in [3.8, 4) is 17.1 Å². The Balaban J connectivity index is 1.92. The molecule has 0 atom stereocenters. The SMILES string of the molecule is O=c1c2[nH]c(-c3ccccc3)nc2c2cccnc2n1-c1ccccc1. The van der Waals surface area contributed by atoms with E-state index in [1.165, 1.54) is 0 Å². The van der Waals surface area contributed by atoms with E-state index in [0.29, 0.717) is 22.5 Å². The van der Waals surface area contributed by atoms with Crippen LogP contribution in [0.1, 0.15) is 0 Å². The number of imidazole rings is 1. The molecule has 0 saturated heterocycles. The molecule has 0 unspecified atom stereocenters. The number of nitrogens with zero attached hydrogens (tertiary/aromatic N) is 3. The summed E-state index contributed by atoms with van der Waals surface area (Å²) in [5.74, 6) is 0.675. The fourth-order valence-corrected chi connectivity index (χ4v) is 3.24. The van der Waals surface area contributed by atoms with Crippen LogP contribution in [0, 0.1) is 0 Å². The second kappa shape index (κ2) is 5.67. The molecule has 5 nitrogen and oxygen atoms in total. The predicted molar refractivity (Wildman–Crippen MR) is 102 cm³/mol. The Morgan fingerprint density at radius 3 is 2.35 bits per heavy atom. The third kappa shape index (κ3) is 2.14. The summed E-state index contributed by atoms with van der Waals surface area (Å²) in [7, 11) is 0. The smallest absolute Gasteiger partial charge is 0.282 e. The Labute approximate surface area is 148 Å². The van der Waals surface area contributed by atoms with E-state index < -0.39 is 0 Å². The topological polar surface area (TPSA) is 63.6 Å². The molecule has 0 radical (unpaired) electrons. The number of aromatic amines is 1. The summed E-state index contributed by atoms with van der Waals surface area (Å²) in [6, 6.07) is 23.1. The van der Waals surface area contributed by atoms with Crippen LogP contribution in [0.5, 0.6) is 0 Å². The van der Waals surface area contributed by atoms with Crippen LogP contribution in [-0.4, -0.2) is 19.5 Å². The van der Waals surface area contributed by atoms with Crippen molar-refractivity contribution in [2.24, 2.45) is 0 Å². The van der Waals surface area contributed by atoms with Gasteiger partial charge in [0.05, 0.1) is 5.69 Å². The summed E-state index contributed by atoms with van der Waals surface area (Å²) in [4.78, 5) is 25.6. The molecule has 0 aliphatic heterocycles. The first-order chi connectivity index (χ1) is 12.8. The van der Waals surface area contributed by atoms with Gasteiger partial charge in [-0.3, -0.25) is 9.36 Å². The van der Waals surface area contributed by atoms with Crippen molar-refractivity contribution in [1.29, 1.82) is 0 Å². The van der Waals surface area contributed by atoms with Crippen molar-refractivity contribution in [1.82, 2.24) is 19.5 Å². The molecule has 0 spiro atoms. The minimum Gasteiger partial charge on any atom is -0.333 e. The number of para-hydroxylation sites is 1. The van der Waals surface area contributed by atoms with Crippen LogP contribution in [0.3, 0.4) is 0 Å². The molecule has 26 heavy (non-hydrogen) atoms. The van der Waals surface area contributed by atoms with Crippen molar-refractivity contribution >= 4 is 22.1 Å². The average molecular weight is 338 g/mol. The van der Waals surface area contributed by atoms with Gasteiger partial charge in [0.15, 0.2) is 0 Å². The number of hydrogen-bond acceptors (Lipinski definition) is 3. The van der Waals surface area contributed by atoms with Crippen LogP contribution in [-0.2, 0) is 0 Å². The third-order valence-corrected chi connectivity index (χ3v) is 4.44. The number of fused-ring (bicyclic) bond motifs is 3. The second-order valence-corrected chi connectivity index (χ2v) is 6.03. The van der Waals surface area contributed by atoms with E-state index in [-0.39, 0.29) is 5.56 Å². The van der Waals surface area contributed by atoms with Gasteiger partial charge in [0.2, 0.25) is 0 Å². The molecule has 0 saturated carbocycles. The molecule has 5 aromatic rings. The molecule has 1 N–H and O–H groups in total. The molecule has 2 aromatic carbocycles. The van der Waals surface area contributed by atoms with E-state index in [4.69, 9.17) is 4.98 Å². The number of rotatable bonds is 2. The minimum atomic E-state index is -0.160. The Kier molecular flexibility index (Phi) is 3.18. The van der Waals surface area contributed by atoms with E-state index in [9.17, 15) is 4.79 Å². The van der Waals surface area contributed by atoms with Crippen molar-refractivity contribution in [3.63, 3.8) is 0 Å². The third-order valence-electron chi connectivity index (χ3n) is 4.44. The summed E-state index contributed by atoms with van der Waals surface area (Å²) >= 11 is 0. The van der Waals surface area contributed by atoms with Crippen molar-refractivity contribution < 1.29 is 0 Å². The Morgan fingerprint density at radius 1 is 0.846 bits per heavy atom. The lowest BCUT2D eigenvalue weighted by Gasteiger charge is -2.09. The molecule has 5 heteroatoms. The summed E-state index contributed by atoms with van der Waals surface area (Å²) in [5.41, 5.74) is 3.28. The van der Waals surface area contributed by atoms with Gasteiger partial charge in [0.25, 0.3) is 5.56 Å². The fourth-order valence-electron chi connectivity index (χ4n) is 3.24. The van der Waals surface area contributed by atoms with E-state index in [0.717, 1.165) is 16.6 Å². The summed E-state index contributed by atoms with van der Waals surface area (Å²) in [5, 5.41) is 0.837. The highest BCUT2D eigenvalue weighted by Gasteiger charge is 2.17. The van der Waals surface area contributed by atoms with Crippen LogP contribution in [0.2, 0.25) is 0 Å². The van der Waals surface area contributed by atoms with Crippen molar-refractivity contribution in [2.75, 3.05) is 0 Å². The van der Waals surface area contributed by atoms with Gasteiger partial charge in [-0.15, -0.1) is 0 Å². The van der Waals surface area contributed by atoms with Gasteiger partial charge in [-0.05, 0) is 24.3 Å². The van der Waals surface area contributed by atoms with Gasteiger partial charge < -0.3 is 4.98 Å². The van der Waals surface area contributed by atoms with E-state index >= 15 is 0 Å². The van der Waals surface area contributed by atoms with Gasteiger partial charge in [0, 0.05) is 17.1 Å². The Hall–Kier alpha value is -3.73. The lowest BCUT2D eigenvalue weighted by atomic mass is 10.2. The largest absolute Gasteiger partial charge is 0.333 e. The number of benzene rings is 2. The van der Waals surface area contributed by atoms with Crippen LogP contribution < -0.4 is 5.56 Å². The van der Waals surface area contributed by atoms with Crippen molar-refractivity contribution in [2.45, 2.75) is 0 Å². The quantitative estimate of drug-likeness (QED) is 0.530. The summed E-state index contributed by atoms with van der Waals surface area (Å²) in [6.07, 6.45) is 1.69. The van der Waals surface area contributed by atoms with E-state index in [1.807, 2.05) is 72.8 Å². The first-order valence-corrected chi connectivity index (χ1v) is 8.33. The number of hydrogen-bond donors (Lipinski definition) is 1. The van der Waals surface area contributed by atoms with Gasteiger partial charge in [-0.2, -0.15) is 0 Å². The van der Waals surface area contributed by atoms with Gasteiger partial charge in [-0.25, -0.2) is 9.97 Å². The first kappa shape index (κ1) is 14.6. The maximum absolute atomic E-state index is 13.2. The highest BCUT2D eigenvalue weighted by atomic mass is 16.1. The minimum absolute atomic E-state index is 0.160. The van der Waals surface area contributed by atoms with Gasteiger partial charge in [-0.1, -0.05) is 48.5 Å². The summed E-state index contributed by atoms with van der Waals surface area (Å²) < 4.78 is 1.63.